The molecule has 0 rings (SSSR count). The normalized spacial score (nSPS) is 10.9. The Kier molecular flexibility index (Phi) is 2.40. The van der Waals surface area contributed by atoms with Crippen LogP contribution in [0.5, 0.6) is 0 Å². The average Bonchev–Trinajstić information content (AvgIpc) is 1.64. The molecule has 0 radical (unpaired) electrons. The van der Waals surface area contributed by atoms with Crippen molar-refractivity contribution in [2.24, 2.45) is 5.41 Å². The van der Waals surface area contributed by atoms with Crippen molar-refractivity contribution in [3.8, 4) is 0 Å². The molecule has 0 fully saturated rings. The lowest BCUT2D eigenvalue weighted by atomic mass is 9.98. The highest BCUT2D eigenvalue weighted by Gasteiger charge is 2.30. The zero-order valence-corrected chi connectivity index (χ0v) is 5.05. The summed E-state index contributed by atoms with van der Waals surface area (Å²) < 4.78 is 4.02. The summed E-state index contributed by atoms with van der Waals surface area (Å²) in [6.07, 6.45) is 0. The smallest absolute Gasteiger partial charge is 0.369 e. The van der Waals surface area contributed by atoms with Gasteiger partial charge in [-0.2, -0.15) is 0 Å². The van der Waals surface area contributed by atoms with E-state index in [1.807, 2.05) is 0 Å². The zero-order valence-electron chi connectivity index (χ0n) is 5.05. The summed E-state index contributed by atoms with van der Waals surface area (Å²) in [6, 6.07) is 0. The SMILES string of the molecule is [CH2+]C([CH2+])([CH2-])C(=O)OC[O-]. The minimum atomic E-state index is -1.30. The molecule has 0 saturated carbocycles. The van der Waals surface area contributed by atoms with Gasteiger partial charge in [-0.05, 0) is 0 Å². The molecule has 0 bridgehead atoms. The van der Waals surface area contributed by atoms with E-state index in [1.54, 1.807) is 0 Å². The third kappa shape index (κ3) is 2.87. The van der Waals surface area contributed by atoms with Gasteiger partial charge in [0, 0.05) is 6.79 Å². The van der Waals surface area contributed by atoms with Gasteiger partial charge in [-0.25, -0.2) is 11.7 Å². The van der Waals surface area contributed by atoms with Crippen LogP contribution in [0.15, 0.2) is 0 Å². The van der Waals surface area contributed by atoms with Gasteiger partial charge in [-0.15, -0.1) is 0 Å². The highest BCUT2D eigenvalue weighted by atomic mass is 16.6. The summed E-state index contributed by atoms with van der Waals surface area (Å²) >= 11 is 0. The Morgan fingerprint density at radius 3 is 2.33 bits per heavy atom. The summed E-state index contributed by atoms with van der Waals surface area (Å²) in [6.45, 7) is 8.86. The number of hydrogen-bond acceptors (Lipinski definition) is 3. The van der Waals surface area contributed by atoms with Crippen molar-refractivity contribution in [3.05, 3.63) is 20.8 Å². The van der Waals surface area contributed by atoms with E-state index in [2.05, 4.69) is 25.5 Å². The fourth-order valence-corrected chi connectivity index (χ4v) is 0.207. The lowest BCUT2D eigenvalue weighted by Gasteiger charge is -2.12. The molecule has 9 heavy (non-hydrogen) atoms. The fourth-order valence-electron chi connectivity index (χ4n) is 0.207. The Hall–Kier alpha value is -0.830. The Labute approximate surface area is 54.6 Å². The molecule has 0 amide bonds. The van der Waals surface area contributed by atoms with E-state index in [9.17, 15) is 9.90 Å². The van der Waals surface area contributed by atoms with Crippen LogP contribution in [0.4, 0.5) is 0 Å². The van der Waals surface area contributed by atoms with Crippen LogP contribution in [0.25, 0.3) is 0 Å². The van der Waals surface area contributed by atoms with Crippen molar-refractivity contribution in [2.75, 3.05) is 6.79 Å². The monoisotopic (exact) mass is 128 g/mol. The molecule has 3 heteroatoms. The van der Waals surface area contributed by atoms with Crippen LogP contribution in [0.3, 0.4) is 0 Å². The third-order valence-electron chi connectivity index (χ3n) is 0.623. The van der Waals surface area contributed by atoms with Gasteiger partial charge in [0.15, 0.2) is 0 Å². The summed E-state index contributed by atoms with van der Waals surface area (Å²) in [5.41, 5.74) is -1.30. The van der Waals surface area contributed by atoms with E-state index in [-0.39, 0.29) is 0 Å². The molecule has 50 valence electrons. The first-order valence-corrected chi connectivity index (χ1v) is 2.30. The first-order chi connectivity index (χ1) is 3.98. The maximum Gasteiger partial charge on any atom is 0.369 e. The Morgan fingerprint density at radius 1 is 1.78 bits per heavy atom. The molecule has 0 aliphatic carbocycles. The molecule has 0 N–H and O–H groups in total. The van der Waals surface area contributed by atoms with Crippen LogP contribution in [0, 0.1) is 26.2 Å². The molecule has 0 aliphatic heterocycles. The number of esters is 1. The predicted molar refractivity (Wildman–Crippen MR) is 29.5 cm³/mol. The Balaban J connectivity index is 3.74. The van der Waals surface area contributed by atoms with Crippen molar-refractivity contribution >= 4 is 5.97 Å². The van der Waals surface area contributed by atoms with Crippen molar-refractivity contribution in [3.63, 3.8) is 0 Å². The maximum absolute atomic E-state index is 10.5. The minimum Gasteiger partial charge on any atom is -0.824 e. The van der Waals surface area contributed by atoms with Crippen molar-refractivity contribution in [1.82, 2.24) is 0 Å². The highest BCUT2D eigenvalue weighted by molar-refractivity contribution is 5.79. The molecule has 3 nitrogen and oxygen atoms in total. The van der Waals surface area contributed by atoms with Gasteiger partial charge in [0.05, 0.1) is 13.8 Å². The van der Waals surface area contributed by atoms with E-state index >= 15 is 0 Å². The number of rotatable bonds is 2. The molecular formula is C6H8O3. The molecule has 0 spiro atoms. The third-order valence-corrected chi connectivity index (χ3v) is 0.623. The zero-order chi connectivity index (χ0) is 7.49. The molecule has 0 aromatic carbocycles. The van der Waals surface area contributed by atoms with Crippen molar-refractivity contribution < 1.29 is 14.6 Å². The topological polar surface area (TPSA) is 49.4 Å². The number of hydrogen-bond donors (Lipinski definition) is 0. The first-order valence-electron chi connectivity index (χ1n) is 2.30. The quantitative estimate of drug-likeness (QED) is 0.281. The highest BCUT2D eigenvalue weighted by Crippen LogP contribution is 2.12. The van der Waals surface area contributed by atoms with Crippen LogP contribution in [0.2, 0.25) is 0 Å². The van der Waals surface area contributed by atoms with Gasteiger partial charge in [-0.3, -0.25) is 0 Å². The summed E-state index contributed by atoms with van der Waals surface area (Å²) in [5, 5.41) is 9.66. The van der Waals surface area contributed by atoms with Crippen LogP contribution in [-0.2, 0) is 9.53 Å². The van der Waals surface area contributed by atoms with E-state index in [4.69, 9.17) is 0 Å². The predicted octanol–water partition coefficient (Wildman–Crippen LogP) is -0.664. The Bertz CT molecular complexity index is 101. The van der Waals surface area contributed by atoms with Gasteiger partial charge >= 0.3 is 5.97 Å². The number of carbonyl (C=O) groups excluding carboxylic acids is 1. The summed E-state index contributed by atoms with van der Waals surface area (Å²) in [4.78, 5) is 10.5. The molecular weight excluding hydrogens is 120 g/mol. The first kappa shape index (κ1) is 8.17. The fraction of sp³-hybridized carbons (Fsp3) is 0.333. The van der Waals surface area contributed by atoms with Crippen LogP contribution >= 0.6 is 0 Å². The van der Waals surface area contributed by atoms with Crippen LogP contribution in [-0.4, -0.2) is 12.8 Å². The van der Waals surface area contributed by atoms with Gasteiger partial charge in [-0.1, -0.05) is 0 Å². The minimum absolute atomic E-state index is 0.780. The van der Waals surface area contributed by atoms with Gasteiger partial charge in [0.2, 0.25) is 5.41 Å². The maximum atomic E-state index is 10.5. The molecule has 0 heterocycles. The molecule has 0 aromatic heterocycles. The molecule has 0 atom stereocenters. The summed E-state index contributed by atoms with van der Waals surface area (Å²) in [7, 11) is 0. The van der Waals surface area contributed by atoms with Gasteiger partial charge in [0.25, 0.3) is 0 Å². The second-order valence-corrected chi connectivity index (χ2v) is 1.83. The number of ether oxygens (including phenoxy) is 1. The van der Waals surface area contributed by atoms with E-state index in [0.29, 0.717) is 0 Å². The molecule has 0 unspecified atom stereocenters. The second-order valence-electron chi connectivity index (χ2n) is 1.83. The van der Waals surface area contributed by atoms with Crippen molar-refractivity contribution in [2.45, 2.75) is 0 Å². The van der Waals surface area contributed by atoms with E-state index < -0.39 is 18.2 Å². The van der Waals surface area contributed by atoms with Crippen LogP contribution < -0.4 is 5.11 Å². The van der Waals surface area contributed by atoms with Gasteiger partial charge in [0.1, 0.15) is 0 Å². The molecule has 0 saturated heterocycles. The average molecular weight is 128 g/mol. The molecule has 0 aromatic rings. The lowest BCUT2D eigenvalue weighted by Crippen LogP contribution is -2.27. The second kappa shape index (κ2) is 2.64. The van der Waals surface area contributed by atoms with E-state index in [0.717, 1.165) is 0 Å². The van der Waals surface area contributed by atoms with Crippen molar-refractivity contribution in [1.29, 1.82) is 0 Å². The standard InChI is InChI=1S/C6H8O3/c1-6(2,3)5(8)9-4-7/h1-4H2. The summed E-state index contributed by atoms with van der Waals surface area (Å²) in [5.74, 6) is -0.780. The van der Waals surface area contributed by atoms with Crippen LogP contribution in [0.1, 0.15) is 0 Å². The Morgan fingerprint density at radius 2 is 2.22 bits per heavy atom. The number of carbonyl (C=O) groups is 1. The lowest BCUT2D eigenvalue weighted by molar-refractivity contribution is -0.421. The molecule has 0 aliphatic rings. The van der Waals surface area contributed by atoms with E-state index in [1.165, 1.54) is 0 Å². The van der Waals surface area contributed by atoms with Gasteiger partial charge < -0.3 is 9.84 Å². The largest absolute Gasteiger partial charge is 0.824 e.